The van der Waals surface area contributed by atoms with Crippen molar-refractivity contribution in [1.82, 2.24) is 9.62 Å². The second-order valence-electron chi connectivity index (χ2n) is 5.41. The van der Waals surface area contributed by atoms with Crippen molar-refractivity contribution in [1.29, 1.82) is 0 Å². The molecule has 0 aromatic heterocycles. The van der Waals surface area contributed by atoms with E-state index in [9.17, 15) is 17.2 Å². The van der Waals surface area contributed by atoms with Crippen LogP contribution in [-0.4, -0.2) is 40.0 Å². The number of hydrogen-bond acceptors (Lipinski definition) is 4. The zero-order chi connectivity index (χ0) is 15.6. The normalized spacial score (nSPS) is 18.0. The van der Waals surface area contributed by atoms with Crippen molar-refractivity contribution in [2.24, 2.45) is 5.92 Å². The van der Waals surface area contributed by atoms with Crippen LogP contribution in [0.5, 0.6) is 0 Å². The van der Waals surface area contributed by atoms with Crippen LogP contribution >= 0.6 is 0 Å². The Morgan fingerprint density at radius 2 is 1.81 bits per heavy atom. The van der Waals surface area contributed by atoms with Gasteiger partial charge in [-0.15, -0.1) is 0 Å². The molecule has 1 aliphatic rings. The minimum atomic E-state index is -4.22. The molecule has 0 bridgehead atoms. The lowest BCUT2D eigenvalue weighted by Crippen LogP contribution is -2.37. The van der Waals surface area contributed by atoms with Gasteiger partial charge in [0.25, 0.3) is 0 Å². The zero-order valence-corrected chi connectivity index (χ0v) is 12.6. The van der Waals surface area contributed by atoms with Crippen LogP contribution in [0.15, 0.2) is 17.0 Å². The van der Waals surface area contributed by atoms with Gasteiger partial charge >= 0.3 is 0 Å². The zero-order valence-electron chi connectivity index (χ0n) is 11.8. The molecule has 0 radical (unpaired) electrons. The highest BCUT2D eigenvalue weighted by molar-refractivity contribution is 7.89. The maximum absolute atomic E-state index is 13.7. The van der Waals surface area contributed by atoms with Gasteiger partial charge in [0.2, 0.25) is 10.0 Å². The third-order valence-corrected chi connectivity index (χ3v) is 5.16. The van der Waals surface area contributed by atoms with Gasteiger partial charge in [0.1, 0.15) is 11.6 Å². The van der Waals surface area contributed by atoms with Gasteiger partial charge in [0.15, 0.2) is 4.90 Å². The summed E-state index contributed by atoms with van der Waals surface area (Å²) in [7, 11) is -2.22. The third-order valence-electron chi connectivity index (χ3n) is 3.69. The number of benzene rings is 1. The highest BCUT2D eigenvalue weighted by atomic mass is 32.2. The smallest absolute Gasteiger partial charge is 0.246 e. The number of nitrogens with two attached hydrogens (primary N) is 1. The minimum Gasteiger partial charge on any atom is -0.399 e. The molecule has 1 heterocycles. The Morgan fingerprint density at radius 1 is 1.29 bits per heavy atom. The Hall–Kier alpha value is -1.25. The highest BCUT2D eigenvalue weighted by Crippen LogP contribution is 2.22. The maximum Gasteiger partial charge on any atom is 0.246 e. The monoisotopic (exact) mass is 319 g/mol. The summed E-state index contributed by atoms with van der Waals surface area (Å²) < 4.78 is 53.7. The predicted molar refractivity (Wildman–Crippen MR) is 76.2 cm³/mol. The molecule has 0 spiro atoms. The molecule has 1 saturated heterocycles. The van der Waals surface area contributed by atoms with Crippen LogP contribution in [-0.2, 0) is 10.0 Å². The Morgan fingerprint density at radius 3 is 2.33 bits per heavy atom. The molecule has 0 saturated carbocycles. The van der Waals surface area contributed by atoms with Crippen molar-refractivity contribution in [3.05, 3.63) is 23.8 Å². The molecule has 2 rings (SSSR count). The van der Waals surface area contributed by atoms with Crippen LogP contribution in [0, 0.1) is 17.6 Å². The minimum absolute atomic E-state index is 0.153. The average molecular weight is 319 g/mol. The number of nitrogens with zero attached hydrogens (tertiary/aromatic N) is 1. The Balaban J connectivity index is 2.09. The van der Waals surface area contributed by atoms with Gasteiger partial charge in [0, 0.05) is 12.2 Å². The summed E-state index contributed by atoms with van der Waals surface area (Å²) in [5.74, 6) is -2.18. The molecule has 8 heteroatoms. The second-order valence-corrected chi connectivity index (χ2v) is 7.12. The van der Waals surface area contributed by atoms with Gasteiger partial charge in [-0.05, 0) is 51.0 Å². The number of piperidine rings is 1. The van der Waals surface area contributed by atoms with Gasteiger partial charge < -0.3 is 10.6 Å². The first kappa shape index (κ1) is 16.1. The number of nitrogen functional groups attached to an aromatic ring is 1. The topological polar surface area (TPSA) is 75.4 Å². The summed E-state index contributed by atoms with van der Waals surface area (Å²) in [4.78, 5) is 1.19. The van der Waals surface area contributed by atoms with E-state index in [0.29, 0.717) is 0 Å². The molecule has 5 nitrogen and oxygen atoms in total. The fraction of sp³-hybridized carbons (Fsp3) is 0.538. The summed E-state index contributed by atoms with van der Waals surface area (Å²) in [6.07, 6.45) is 1.71. The van der Waals surface area contributed by atoms with Gasteiger partial charge in [-0.1, -0.05) is 0 Å². The summed E-state index contributed by atoms with van der Waals surface area (Å²) in [6.45, 7) is 1.95. The second kappa shape index (κ2) is 6.25. The number of anilines is 1. The predicted octanol–water partition coefficient (Wildman–Crippen LogP) is 1.17. The fourth-order valence-electron chi connectivity index (χ4n) is 2.40. The SMILES string of the molecule is CN1CCC(CNS(=O)(=O)c2c(F)cc(N)cc2F)CC1. The molecule has 21 heavy (non-hydrogen) atoms. The first-order chi connectivity index (χ1) is 9.79. The van der Waals surface area contributed by atoms with Crippen molar-refractivity contribution in [2.75, 3.05) is 32.4 Å². The van der Waals surface area contributed by atoms with Crippen molar-refractivity contribution in [3.8, 4) is 0 Å². The quantitative estimate of drug-likeness (QED) is 0.817. The molecule has 1 aromatic rings. The standard InChI is InChI=1S/C13H19F2N3O2S/c1-18-4-2-9(3-5-18)8-17-21(19,20)13-11(14)6-10(16)7-12(13)15/h6-7,9,17H,2-5,8,16H2,1H3. The summed E-state index contributed by atoms with van der Waals surface area (Å²) >= 11 is 0. The van der Waals surface area contributed by atoms with E-state index in [0.717, 1.165) is 38.1 Å². The molecule has 0 amide bonds. The first-order valence-corrected chi connectivity index (χ1v) is 8.20. The molecule has 1 aliphatic heterocycles. The number of sulfonamides is 1. The van der Waals surface area contributed by atoms with E-state index in [-0.39, 0.29) is 18.2 Å². The van der Waals surface area contributed by atoms with Crippen LogP contribution in [0.25, 0.3) is 0 Å². The molecule has 0 atom stereocenters. The molecule has 3 N–H and O–H groups in total. The van der Waals surface area contributed by atoms with E-state index in [1.807, 2.05) is 7.05 Å². The van der Waals surface area contributed by atoms with Crippen LogP contribution in [0.3, 0.4) is 0 Å². The Bertz CT molecular complexity index is 591. The summed E-state index contributed by atoms with van der Waals surface area (Å²) in [5, 5.41) is 0. The van der Waals surface area contributed by atoms with Gasteiger partial charge in [-0.2, -0.15) is 0 Å². The lowest BCUT2D eigenvalue weighted by atomic mass is 9.98. The lowest BCUT2D eigenvalue weighted by Gasteiger charge is -2.28. The molecule has 1 fully saturated rings. The van der Waals surface area contributed by atoms with E-state index in [4.69, 9.17) is 5.73 Å². The summed E-state index contributed by atoms with van der Waals surface area (Å²) in [6, 6.07) is 1.60. The van der Waals surface area contributed by atoms with Crippen LogP contribution in [0.4, 0.5) is 14.5 Å². The van der Waals surface area contributed by atoms with Gasteiger partial charge in [-0.3, -0.25) is 0 Å². The molecule has 118 valence electrons. The van der Waals surface area contributed by atoms with E-state index in [1.165, 1.54) is 0 Å². The molecular weight excluding hydrogens is 300 g/mol. The lowest BCUT2D eigenvalue weighted by molar-refractivity contribution is 0.220. The number of rotatable bonds is 4. The van der Waals surface area contributed by atoms with E-state index < -0.39 is 26.6 Å². The van der Waals surface area contributed by atoms with Crippen molar-refractivity contribution in [3.63, 3.8) is 0 Å². The Kier molecular flexibility index (Phi) is 4.80. The van der Waals surface area contributed by atoms with Crippen molar-refractivity contribution < 1.29 is 17.2 Å². The van der Waals surface area contributed by atoms with E-state index in [1.54, 1.807) is 0 Å². The van der Waals surface area contributed by atoms with Crippen LogP contribution < -0.4 is 10.5 Å². The third kappa shape index (κ3) is 3.90. The largest absolute Gasteiger partial charge is 0.399 e. The number of hydrogen-bond donors (Lipinski definition) is 2. The number of likely N-dealkylation sites (tertiary alicyclic amines) is 1. The molecule has 0 aliphatic carbocycles. The summed E-state index contributed by atoms with van der Waals surface area (Å²) in [5.41, 5.74) is 5.12. The van der Waals surface area contributed by atoms with Crippen LogP contribution in [0.2, 0.25) is 0 Å². The fourth-order valence-corrected chi connectivity index (χ4v) is 3.63. The van der Waals surface area contributed by atoms with E-state index >= 15 is 0 Å². The molecule has 1 aromatic carbocycles. The average Bonchev–Trinajstić information content (AvgIpc) is 2.36. The highest BCUT2D eigenvalue weighted by Gasteiger charge is 2.26. The van der Waals surface area contributed by atoms with Crippen molar-refractivity contribution in [2.45, 2.75) is 17.7 Å². The van der Waals surface area contributed by atoms with Crippen LogP contribution in [0.1, 0.15) is 12.8 Å². The maximum atomic E-state index is 13.7. The van der Waals surface area contributed by atoms with E-state index in [2.05, 4.69) is 9.62 Å². The van der Waals surface area contributed by atoms with Crippen molar-refractivity contribution >= 4 is 15.7 Å². The molecular formula is C13H19F2N3O2S. The molecule has 0 unspecified atom stereocenters. The Labute approximate surface area is 123 Å². The number of nitrogens with one attached hydrogen (secondary N) is 1. The van der Waals surface area contributed by atoms with Gasteiger partial charge in [-0.25, -0.2) is 21.9 Å². The number of halogens is 2. The van der Waals surface area contributed by atoms with Gasteiger partial charge in [0.05, 0.1) is 0 Å². The first-order valence-electron chi connectivity index (χ1n) is 6.72.